The van der Waals surface area contributed by atoms with E-state index in [0.29, 0.717) is 4.88 Å². The quantitative estimate of drug-likeness (QED) is 0.875. The fourth-order valence-corrected chi connectivity index (χ4v) is 1.96. The summed E-state index contributed by atoms with van der Waals surface area (Å²) < 4.78 is 18.0. The van der Waals surface area contributed by atoms with Gasteiger partial charge in [0, 0.05) is 0 Å². The summed E-state index contributed by atoms with van der Waals surface area (Å²) in [6, 6.07) is 9.07. The highest BCUT2D eigenvalue weighted by Crippen LogP contribution is 2.13. The molecule has 98 valence electrons. The van der Waals surface area contributed by atoms with Crippen LogP contribution in [0.5, 0.6) is 0 Å². The normalized spacial score (nSPS) is 9.95. The van der Waals surface area contributed by atoms with Crippen molar-refractivity contribution in [3.05, 3.63) is 52.5 Å². The smallest absolute Gasteiger partial charge is 0.348 e. The van der Waals surface area contributed by atoms with Gasteiger partial charge in [0.25, 0.3) is 5.91 Å². The van der Waals surface area contributed by atoms with Gasteiger partial charge in [-0.2, -0.15) is 0 Å². The number of carbonyl (C=O) groups is 2. The molecule has 2 rings (SSSR count). The molecule has 0 saturated heterocycles. The lowest BCUT2D eigenvalue weighted by Gasteiger charge is -2.06. The highest BCUT2D eigenvalue weighted by Gasteiger charge is 2.12. The Morgan fingerprint density at radius 1 is 1.21 bits per heavy atom. The first-order valence-electron chi connectivity index (χ1n) is 5.42. The molecule has 0 bridgehead atoms. The number of esters is 1. The molecule has 0 aliphatic rings. The summed E-state index contributed by atoms with van der Waals surface area (Å²) in [5.74, 6) is -1.70. The number of anilines is 1. The van der Waals surface area contributed by atoms with Gasteiger partial charge in [-0.3, -0.25) is 4.79 Å². The molecule has 0 radical (unpaired) electrons. The Hall–Kier alpha value is -2.21. The van der Waals surface area contributed by atoms with Crippen LogP contribution in [-0.2, 0) is 9.53 Å². The molecule has 0 fully saturated rings. The SMILES string of the molecule is O=C(COC(=O)c1cccs1)Nc1ccccc1F. The van der Waals surface area contributed by atoms with Crippen molar-refractivity contribution in [2.45, 2.75) is 0 Å². The van der Waals surface area contributed by atoms with Gasteiger partial charge >= 0.3 is 5.97 Å². The van der Waals surface area contributed by atoms with Crippen LogP contribution < -0.4 is 5.32 Å². The zero-order chi connectivity index (χ0) is 13.7. The third-order valence-corrected chi connectivity index (χ3v) is 3.05. The largest absolute Gasteiger partial charge is 0.451 e. The van der Waals surface area contributed by atoms with Crippen molar-refractivity contribution in [2.24, 2.45) is 0 Å². The average molecular weight is 279 g/mol. The number of halogens is 1. The van der Waals surface area contributed by atoms with Crippen molar-refractivity contribution < 1.29 is 18.7 Å². The summed E-state index contributed by atoms with van der Waals surface area (Å²) in [6.45, 7) is -0.453. The molecule has 19 heavy (non-hydrogen) atoms. The summed E-state index contributed by atoms with van der Waals surface area (Å²) in [4.78, 5) is 23.4. The zero-order valence-electron chi connectivity index (χ0n) is 9.76. The Morgan fingerprint density at radius 3 is 2.68 bits per heavy atom. The molecule has 0 atom stereocenters. The van der Waals surface area contributed by atoms with Crippen LogP contribution in [0.25, 0.3) is 0 Å². The molecule has 0 saturated carbocycles. The first-order chi connectivity index (χ1) is 9.16. The highest BCUT2D eigenvalue weighted by atomic mass is 32.1. The van der Waals surface area contributed by atoms with Crippen LogP contribution in [0.1, 0.15) is 9.67 Å². The Labute approximate surface area is 112 Å². The fraction of sp³-hybridized carbons (Fsp3) is 0.0769. The van der Waals surface area contributed by atoms with E-state index in [0.717, 1.165) is 0 Å². The van der Waals surface area contributed by atoms with Gasteiger partial charge in [-0.15, -0.1) is 11.3 Å². The first-order valence-corrected chi connectivity index (χ1v) is 6.30. The molecular formula is C13H10FNO3S. The monoisotopic (exact) mass is 279 g/mol. The van der Waals surface area contributed by atoms with Crippen LogP contribution >= 0.6 is 11.3 Å². The van der Waals surface area contributed by atoms with Crippen molar-refractivity contribution in [1.29, 1.82) is 0 Å². The van der Waals surface area contributed by atoms with Crippen LogP contribution in [0, 0.1) is 5.82 Å². The van der Waals surface area contributed by atoms with Crippen molar-refractivity contribution in [2.75, 3.05) is 11.9 Å². The Kier molecular flexibility index (Phi) is 4.25. The molecule has 1 aromatic heterocycles. The number of nitrogens with one attached hydrogen (secondary N) is 1. The van der Waals surface area contributed by atoms with Gasteiger partial charge in [0.15, 0.2) is 6.61 Å². The first kappa shape index (κ1) is 13.2. The standard InChI is InChI=1S/C13H10FNO3S/c14-9-4-1-2-5-10(9)15-12(16)8-18-13(17)11-6-3-7-19-11/h1-7H,8H2,(H,15,16). The highest BCUT2D eigenvalue weighted by molar-refractivity contribution is 7.11. The lowest BCUT2D eigenvalue weighted by molar-refractivity contribution is -0.119. The van der Waals surface area contributed by atoms with Gasteiger partial charge in [0.1, 0.15) is 10.7 Å². The minimum Gasteiger partial charge on any atom is -0.451 e. The van der Waals surface area contributed by atoms with Gasteiger partial charge in [-0.25, -0.2) is 9.18 Å². The van der Waals surface area contributed by atoms with E-state index in [1.807, 2.05) is 0 Å². The Balaban J connectivity index is 1.86. The molecule has 2 aromatic rings. The van der Waals surface area contributed by atoms with E-state index in [9.17, 15) is 14.0 Å². The zero-order valence-corrected chi connectivity index (χ0v) is 10.6. The Bertz CT molecular complexity index is 583. The van der Waals surface area contributed by atoms with Crippen molar-refractivity contribution in [3.63, 3.8) is 0 Å². The molecule has 1 amide bonds. The van der Waals surface area contributed by atoms with Gasteiger partial charge in [-0.05, 0) is 23.6 Å². The maximum atomic E-state index is 13.3. The van der Waals surface area contributed by atoms with Gasteiger partial charge < -0.3 is 10.1 Å². The predicted octanol–water partition coefficient (Wildman–Crippen LogP) is 2.68. The van der Waals surface area contributed by atoms with E-state index in [-0.39, 0.29) is 5.69 Å². The van der Waals surface area contributed by atoms with Gasteiger partial charge in [0.05, 0.1) is 5.69 Å². The topological polar surface area (TPSA) is 55.4 Å². The van der Waals surface area contributed by atoms with Crippen LogP contribution in [0.4, 0.5) is 10.1 Å². The molecule has 0 aliphatic carbocycles. The maximum absolute atomic E-state index is 13.3. The lowest BCUT2D eigenvalue weighted by atomic mass is 10.3. The second-order valence-corrected chi connectivity index (χ2v) is 4.53. The van der Waals surface area contributed by atoms with E-state index in [2.05, 4.69) is 5.32 Å². The molecule has 0 unspecified atom stereocenters. The maximum Gasteiger partial charge on any atom is 0.348 e. The van der Waals surface area contributed by atoms with Crippen LogP contribution in [-0.4, -0.2) is 18.5 Å². The molecular weight excluding hydrogens is 269 g/mol. The second-order valence-electron chi connectivity index (χ2n) is 3.58. The molecule has 1 heterocycles. The van der Waals surface area contributed by atoms with E-state index >= 15 is 0 Å². The lowest BCUT2D eigenvalue weighted by Crippen LogP contribution is -2.21. The van der Waals surface area contributed by atoms with E-state index in [1.165, 1.54) is 29.5 Å². The summed E-state index contributed by atoms with van der Waals surface area (Å²) >= 11 is 1.22. The third kappa shape index (κ3) is 3.62. The number of carbonyl (C=O) groups excluding carboxylic acids is 2. The summed E-state index contributed by atoms with van der Waals surface area (Å²) in [6.07, 6.45) is 0. The van der Waals surface area contributed by atoms with Crippen molar-refractivity contribution in [3.8, 4) is 0 Å². The summed E-state index contributed by atoms with van der Waals surface area (Å²) in [5, 5.41) is 4.06. The van der Waals surface area contributed by atoms with Gasteiger partial charge in [-0.1, -0.05) is 18.2 Å². The molecule has 1 aromatic carbocycles. The number of benzene rings is 1. The van der Waals surface area contributed by atoms with Crippen molar-refractivity contribution in [1.82, 2.24) is 0 Å². The number of thiophene rings is 1. The number of hydrogen-bond donors (Lipinski definition) is 1. The molecule has 4 nitrogen and oxygen atoms in total. The molecule has 0 aliphatic heterocycles. The van der Waals surface area contributed by atoms with Crippen LogP contribution in [0.2, 0.25) is 0 Å². The number of amides is 1. The summed E-state index contributed by atoms with van der Waals surface area (Å²) in [5.41, 5.74) is 0.0553. The van der Waals surface area contributed by atoms with E-state index in [1.54, 1.807) is 23.6 Å². The number of hydrogen-bond acceptors (Lipinski definition) is 4. The van der Waals surface area contributed by atoms with Crippen LogP contribution in [0.15, 0.2) is 41.8 Å². The average Bonchev–Trinajstić information content (AvgIpc) is 2.93. The van der Waals surface area contributed by atoms with Crippen LogP contribution in [0.3, 0.4) is 0 Å². The fourth-order valence-electron chi connectivity index (χ4n) is 1.35. The molecule has 6 heteroatoms. The van der Waals surface area contributed by atoms with E-state index in [4.69, 9.17) is 4.74 Å². The minimum absolute atomic E-state index is 0.0553. The number of rotatable bonds is 4. The van der Waals surface area contributed by atoms with Gasteiger partial charge in [0.2, 0.25) is 0 Å². The predicted molar refractivity (Wildman–Crippen MR) is 69.6 cm³/mol. The second kappa shape index (κ2) is 6.10. The summed E-state index contributed by atoms with van der Waals surface area (Å²) in [7, 11) is 0. The molecule has 1 N–H and O–H groups in total. The van der Waals surface area contributed by atoms with Crippen molar-refractivity contribution >= 4 is 28.9 Å². The minimum atomic E-state index is -0.588. The molecule has 0 spiro atoms. The Morgan fingerprint density at radius 2 is 2.00 bits per heavy atom. The number of para-hydroxylation sites is 1. The van der Waals surface area contributed by atoms with E-state index < -0.39 is 24.3 Å². The third-order valence-electron chi connectivity index (χ3n) is 2.20. The number of ether oxygens (including phenoxy) is 1.